The largest absolute Gasteiger partial charge is 0.489 e. The van der Waals surface area contributed by atoms with Gasteiger partial charge in [-0.25, -0.2) is 0 Å². The van der Waals surface area contributed by atoms with Gasteiger partial charge in [0.25, 0.3) is 5.91 Å². The number of hydrogen-bond acceptors (Lipinski definition) is 7. The molecular formula is C26H28N4O5. The van der Waals surface area contributed by atoms with Crippen LogP contribution >= 0.6 is 0 Å². The lowest BCUT2D eigenvalue weighted by Gasteiger charge is -2.29. The fourth-order valence-electron chi connectivity index (χ4n) is 5.48. The molecule has 4 aliphatic heterocycles. The molecule has 0 saturated carbocycles. The molecule has 2 saturated heterocycles. The van der Waals surface area contributed by atoms with Crippen molar-refractivity contribution in [3.8, 4) is 5.75 Å². The normalized spacial score (nSPS) is 24.3. The fraction of sp³-hybridized carbons (Fsp3) is 0.462. The lowest BCUT2D eigenvalue weighted by atomic mass is 10.0. The number of imide groups is 1. The van der Waals surface area contributed by atoms with Gasteiger partial charge in [-0.3, -0.25) is 29.6 Å². The van der Waals surface area contributed by atoms with Crippen LogP contribution in [0.5, 0.6) is 5.75 Å². The van der Waals surface area contributed by atoms with Gasteiger partial charge in [0.05, 0.1) is 18.9 Å². The summed E-state index contributed by atoms with van der Waals surface area (Å²) < 4.78 is 11.8. The van der Waals surface area contributed by atoms with E-state index < -0.39 is 11.9 Å². The number of pyridine rings is 1. The lowest BCUT2D eigenvalue weighted by molar-refractivity contribution is -0.136. The Morgan fingerprint density at radius 1 is 1.11 bits per heavy atom. The molecule has 1 aromatic heterocycles. The lowest BCUT2D eigenvalue weighted by Crippen LogP contribution is -2.52. The third-order valence-electron chi connectivity index (χ3n) is 7.30. The average molecular weight is 477 g/mol. The number of carbonyl (C=O) groups is 3. The zero-order chi connectivity index (χ0) is 23.9. The van der Waals surface area contributed by atoms with Crippen molar-refractivity contribution in [3.05, 3.63) is 58.4 Å². The number of piperidine rings is 1. The van der Waals surface area contributed by atoms with E-state index >= 15 is 0 Å². The van der Waals surface area contributed by atoms with Crippen LogP contribution in [0.3, 0.4) is 0 Å². The number of fused-ring (bicyclic) bond motifs is 2. The fourth-order valence-corrected chi connectivity index (χ4v) is 5.48. The van der Waals surface area contributed by atoms with Crippen molar-refractivity contribution in [1.29, 1.82) is 0 Å². The van der Waals surface area contributed by atoms with Gasteiger partial charge in [0.15, 0.2) is 0 Å². The first kappa shape index (κ1) is 22.2. The van der Waals surface area contributed by atoms with Crippen molar-refractivity contribution in [2.24, 2.45) is 0 Å². The van der Waals surface area contributed by atoms with Crippen molar-refractivity contribution in [1.82, 2.24) is 20.1 Å². The summed E-state index contributed by atoms with van der Waals surface area (Å²) in [6.45, 7) is 4.35. The van der Waals surface area contributed by atoms with E-state index in [1.807, 2.05) is 18.3 Å². The summed E-state index contributed by atoms with van der Waals surface area (Å²) >= 11 is 0. The maximum atomic E-state index is 12.9. The molecule has 2 unspecified atom stereocenters. The highest BCUT2D eigenvalue weighted by molar-refractivity contribution is 6.05. The summed E-state index contributed by atoms with van der Waals surface area (Å²) in [6.07, 6.45) is 4.50. The zero-order valence-corrected chi connectivity index (χ0v) is 19.5. The Morgan fingerprint density at radius 2 is 2.03 bits per heavy atom. The standard InChI is InChI=1S/C26H28N4O5/c31-24-4-3-23(25(32)28-24)30-13-18-10-19(1-2-21(18)26(30)33)35-20-5-7-29(14-20)12-16-9-17-6-8-34-15-22(17)27-11-16/h1-2,9-11,20,23H,3-8,12-15H2,(H,28,31,32). The maximum Gasteiger partial charge on any atom is 0.255 e. The molecule has 4 aliphatic rings. The predicted octanol–water partition coefficient (Wildman–Crippen LogP) is 1.57. The zero-order valence-electron chi connectivity index (χ0n) is 19.5. The van der Waals surface area contributed by atoms with Crippen LogP contribution in [0, 0.1) is 0 Å². The highest BCUT2D eigenvalue weighted by atomic mass is 16.5. The Kier molecular flexibility index (Phi) is 5.74. The molecule has 2 aromatic rings. The molecule has 6 rings (SSSR count). The molecular weight excluding hydrogens is 448 g/mol. The number of benzene rings is 1. The number of nitrogens with zero attached hydrogens (tertiary/aromatic N) is 3. The molecule has 9 heteroatoms. The van der Waals surface area contributed by atoms with Crippen molar-refractivity contribution in [2.75, 3.05) is 19.7 Å². The summed E-state index contributed by atoms with van der Waals surface area (Å²) in [5, 5.41) is 2.34. The van der Waals surface area contributed by atoms with E-state index in [9.17, 15) is 14.4 Å². The van der Waals surface area contributed by atoms with Gasteiger partial charge in [0, 0.05) is 44.4 Å². The molecule has 182 valence electrons. The smallest absolute Gasteiger partial charge is 0.255 e. The van der Waals surface area contributed by atoms with Crippen molar-refractivity contribution in [2.45, 2.75) is 57.5 Å². The maximum absolute atomic E-state index is 12.9. The van der Waals surface area contributed by atoms with Gasteiger partial charge in [-0.2, -0.15) is 0 Å². The number of carbonyl (C=O) groups excluding carboxylic acids is 3. The van der Waals surface area contributed by atoms with Crippen LogP contribution in [0.15, 0.2) is 30.5 Å². The number of hydrogen-bond donors (Lipinski definition) is 1. The minimum atomic E-state index is -0.606. The van der Waals surface area contributed by atoms with Gasteiger partial charge in [-0.15, -0.1) is 0 Å². The number of amides is 3. The number of likely N-dealkylation sites (tertiary alicyclic amines) is 1. The van der Waals surface area contributed by atoms with E-state index in [0.29, 0.717) is 25.1 Å². The van der Waals surface area contributed by atoms with Crippen molar-refractivity contribution in [3.63, 3.8) is 0 Å². The Bertz CT molecular complexity index is 1200. The second kappa shape index (κ2) is 9.05. The first-order valence-electron chi connectivity index (χ1n) is 12.2. The number of nitrogens with one attached hydrogen (secondary N) is 1. The quantitative estimate of drug-likeness (QED) is 0.654. The molecule has 5 heterocycles. The van der Waals surface area contributed by atoms with E-state index in [-0.39, 0.29) is 24.3 Å². The molecule has 0 bridgehead atoms. The number of ether oxygens (including phenoxy) is 2. The van der Waals surface area contributed by atoms with E-state index in [1.165, 1.54) is 11.1 Å². The molecule has 1 aromatic carbocycles. The molecule has 9 nitrogen and oxygen atoms in total. The van der Waals surface area contributed by atoms with Gasteiger partial charge >= 0.3 is 0 Å². The average Bonchev–Trinajstić information content (AvgIpc) is 3.42. The van der Waals surface area contributed by atoms with Crippen LogP contribution in [0.1, 0.15) is 52.0 Å². The van der Waals surface area contributed by atoms with Crippen LogP contribution in [-0.4, -0.2) is 64.3 Å². The second-order valence-corrected chi connectivity index (χ2v) is 9.73. The molecule has 2 fully saturated rings. The van der Waals surface area contributed by atoms with E-state index in [4.69, 9.17) is 9.47 Å². The van der Waals surface area contributed by atoms with Crippen LogP contribution < -0.4 is 10.1 Å². The first-order valence-corrected chi connectivity index (χ1v) is 12.2. The second-order valence-electron chi connectivity index (χ2n) is 9.73. The topological polar surface area (TPSA) is 101 Å². The monoisotopic (exact) mass is 476 g/mol. The highest BCUT2D eigenvalue weighted by Gasteiger charge is 2.39. The third-order valence-corrected chi connectivity index (χ3v) is 7.30. The van der Waals surface area contributed by atoms with Crippen LogP contribution in [0.4, 0.5) is 0 Å². The molecule has 35 heavy (non-hydrogen) atoms. The molecule has 0 radical (unpaired) electrons. The number of aromatic nitrogens is 1. The summed E-state index contributed by atoms with van der Waals surface area (Å²) in [5.74, 6) is -0.108. The van der Waals surface area contributed by atoms with Crippen LogP contribution in [0.25, 0.3) is 0 Å². The van der Waals surface area contributed by atoms with E-state index in [2.05, 4.69) is 21.3 Å². The van der Waals surface area contributed by atoms with Crippen LogP contribution in [0.2, 0.25) is 0 Å². The summed E-state index contributed by atoms with van der Waals surface area (Å²) in [5.41, 5.74) is 5.01. The molecule has 0 spiro atoms. The van der Waals surface area contributed by atoms with Gasteiger partial charge < -0.3 is 14.4 Å². The minimum Gasteiger partial charge on any atom is -0.489 e. The molecule has 3 amide bonds. The summed E-state index contributed by atoms with van der Waals surface area (Å²) in [7, 11) is 0. The summed E-state index contributed by atoms with van der Waals surface area (Å²) in [6, 6.07) is 7.19. The third kappa shape index (κ3) is 4.41. The minimum absolute atomic E-state index is 0.0791. The van der Waals surface area contributed by atoms with Crippen molar-refractivity contribution >= 4 is 17.7 Å². The Morgan fingerprint density at radius 3 is 2.91 bits per heavy atom. The first-order chi connectivity index (χ1) is 17.0. The van der Waals surface area contributed by atoms with Crippen molar-refractivity contribution < 1.29 is 23.9 Å². The SMILES string of the molecule is O=C1CCC(N2Cc3cc(OC4CCN(Cc5cnc6c(c5)CCOC6)C4)ccc3C2=O)C(=O)N1. The van der Waals surface area contributed by atoms with E-state index in [1.54, 1.807) is 11.0 Å². The summed E-state index contributed by atoms with van der Waals surface area (Å²) in [4.78, 5) is 45.1. The highest BCUT2D eigenvalue weighted by Crippen LogP contribution is 2.31. The van der Waals surface area contributed by atoms with E-state index in [0.717, 1.165) is 56.1 Å². The van der Waals surface area contributed by atoms with Crippen LogP contribution in [-0.2, 0) is 40.4 Å². The Hall–Kier alpha value is -3.30. The van der Waals surface area contributed by atoms with Gasteiger partial charge in [0.1, 0.15) is 17.9 Å². The Labute approximate surface area is 203 Å². The van der Waals surface area contributed by atoms with Gasteiger partial charge in [0.2, 0.25) is 11.8 Å². The van der Waals surface area contributed by atoms with Gasteiger partial charge in [-0.1, -0.05) is 6.07 Å². The Balaban J connectivity index is 1.07. The number of rotatable bonds is 5. The molecule has 2 atom stereocenters. The van der Waals surface area contributed by atoms with Gasteiger partial charge in [-0.05, 0) is 54.2 Å². The molecule has 0 aliphatic carbocycles. The molecule has 1 N–H and O–H groups in total. The predicted molar refractivity (Wildman–Crippen MR) is 124 cm³/mol.